The number of amides is 2. The van der Waals surface area contributed by atoms with Crippen molar-refractivity contribution in [2.24, 2.45) is 0 Å². The lowest BCUT2D eigenvalue weighted by Crippen LogP contribution is -2.48. The van der Waals surface area contributed by atoms with Crippen molar-refractivity contribution in [2.45, 2.75) is 32.2 Å². The van der Waals surface area contributed by atoms with Crippen molar-refractivity contribution < 1.29 is 14.7 Å². The normalized spacial score (nSPS) is 18.3. The SMILES string of the molecule is CCCC(NC(=O)N1CCCSCC1)C(=O)O. The molecule has 1 rings (SSSR count). The molecule has 5 nitrogen and oxygen atoms in total. The lowest BCUT2D eigenvalue weighted by atomic mass is 10.2. The van der Waals surface area contributed by atoms with Crippen LogP contribution in [0.25, 0.3) is 0 Å². The van der Waals surface area contributed by atoms with E-state index in [2.05, 4.69) is 5.32 Å². The summed E-state index contributed by atoms with van der Waals surface area (Å²) in [5.41, 5.74) is 0. The highest BCUT2D eigenvalue weighted by molar-refractivity contribution is 7.99. The van der Waals surface area contributed by atoms with Gasteiger partial charge in [-0.25, -0.2) is 9.59 Å². The van der Waals surface area contributed by atoms with Crippen molar-refractivity contribution in [3.8, 4) is 0 Å². The van der Waals surface area contributed by atoms with Gasteiger partial charge < -0.3 is 15.3 Å². The maximum atomic E-state index is 11.9. The van der Waals surface area contributed by atoms with Crippen LogP contribution < -0.4 is 5.32 Å². The predicted molar refractivity (Wildman–Crippen MR) is 68.4 cm³/mol. The van der Waals surface area contributed by atoms with Gasteiger partial charge in [-0.15, -0.1) is 0 Å². The van der Waals surface area contributed by atoms with Crippen LogP contribution in [0.3, 0.4) is 0 Å². The maximum absolute atomic E-state index is 11.9. The fraction of sp³-hybridized carbons (Fsp3) is 0.818. The molecular weight excluding hydrogens is 240 g/mol. The van der Waals surface area contributed by atoms with Crippen LogP contribution in [0.2, 0.25) is 0 Å². The van der Waals surface area contributed by atoms with E-state index in [1.165, 1.54) is 0 Å². The topological polar surface area (TPSA) is 69.6 Å². The highest BCUT2D eigenvalue weighted by atomic mass is 32.2. The summed E-state index contributed by atoms with van der Waals surface area (Å²) in [5.74, 6) is 1.05. The summed E-state index contributed by atoms with van der Waals surface area (Å²) in [6, 6.07) is -1.00. The van der Waals surface area contributed by atoms with Gasteiger partial charge in [0.2, 0.25) is 0 Å². The number of hydrogen-bond donors (Lipinski definition) is 2. The van der Waals surface area contributed by atoms with E-state index in [4.69, 9.17) is 5.11 Å². The lowest BCUT2D eigenvalue weighted by molar-refractivity contribution is -0.139. The van der Waals surface area contributed by atoms with Crippen molar-refractivity contribution in [1.82, 2.24) is 10.2 Å². The van der Waals surface area contributed by atoms with Gasteiger partial charge in [0.25, 0.3) is 0 Å². The van der Waals surface area contributed by atoms with E-state index in [0.29, 0.717) is 13.0 Å². The minimum absolute atomic E-state index is 0.242. The zero-order valence-electron chi connectivity index (χ0n) is 10.1. The molecule has 0 aromatic carbocycles. The van der Waals surface area contributed by atoms with Crippen LogP contribution in [0.15, 0.2) is 0 Å². The van der Waals surface area contributed by atoms with E-state index < -0.39 is 12.0 Å². The zero-order valence-corrected chi connectivity index (χ0v) is 11.0. The Balaban J connectivity index is 2.47. The van der Waals surface area contributed by atoms with Crippen LogP contribution in [0.1, 0.15) is 26.2 Å². The van der Waals surface area contributed by atoms with E-state index in [-0.39, 0.29) is 6.03 Å². The number of rotatable bonds is 4. The molecule has 2 N–H and O–H groups in total. The molecule has 0 aromatic rings. The highest BCUT2D eigenvalue weighted by Crippen LogP contribution is 2.10. The molecule has 1 aliphatic heterocycles. The predicted octanol–water partition coefficient (Wildman–Crippen LogP) is 1.39. The number of aliphatic carboxylic acids is 1. The van der Waals surface area contributed by atoms with Crippen LogP contribution in [0.5, 0.6) is 0 Å². The van der Waals surface area contributed by atoms with Gasteiger partial charge in [0, 0.05) is 18.8 Å². The van der Waals surface area contributed by atoms with Crippen LogP contribution >= 0.6 is 11.8 Å². The molecule has 98 valence electrons. The Labute approximate surface area is 106 Å². The molecule has 17 heavy (non-hydrogen) atoms. The lowest BCUT2D eigenvalue weighted by Gasteiger charge is -2.23. The molecule has 1 fully saturated rings. The number of carboxylic acid groups (broad SMARTS) is 1. The number of nitrogens with zero attached hydrogens (tertiary/aromatic N) is 1. The van der Waals surface area contributed by atoms with Gasteiger partial charge in [0.05, 0.1) is 0 Å². The largest absolute Gasteiger partial charge is 0.480 e. The van der Waals surface area contributed by atoms with Crippen molar-refractivity contribution in [3.63, 3.8) is 0 Å². The van der Waals surface area contributed by atoms with Crippen molar-refractivity contribution in [1.29, 1.82) is 0 Å². The molecule has 1 atom stereocenters. The molecule has 0 bridgehead atoms. The third kappa shape index (κ3) is 4.85. The molecule has 6 heteroatoms. The van der Waals surface area contributed by atoms with Gasteiger partial charge in [-0.3, -0.25) is 0 Å². The van der Waals surface area contributed by atoms with Crippen LogP contribution in [0, 0.1) is 0 Å². The Bertz CT molecular complexity index is 265. The Hall–Kier alpha value is -0.910. The van der Waals surface area contributed by atoms with Crippen LogP contribution in [0.4, 0.5) is 4.79 Å². The number of nitrogens with one attached hydrogen (secondary N) is 1. The van der Waals surface area contributed by atoms with Gasteiger partial charge in [0.15, 0.2) is 0 Å². The summed E-state index contributed by atoms with van der Waals surface area (Å²) in [6.07, 6.45) is 2.19. The minimum atomic E-state index is -0.954. The summed E-state index contributed by atoms with van der Waals surface area (Å²) in [5, 5.41) is 11.6. The van der Waals surface area contributed by atoms with Crippen molar-refractivity contribution in [3.05, 3.63) is 0 Å². The van der Waals surface area contributed by atoms with E-state index >= 15 is 0 Å². The van der Waals surface area contributed by atoms with E-state index in [0.717, 1.165) is 30.9 Å². The van der Waals surface area contributed by atoms with Crippen LogP contribution in [-0.4, -0.2) is 52.6 Å². The minimum Gasteiger partial charge on any atom is -0.480 e. The number of carboxylic acids is 1. The van der Waals surface area contributed by atoms with E-state index in [1.807, 2.05) is 18.7 Å². The zero-order chi connectivity index (χ0) is 12.7. The van der Waals surface area contributed by atoms with Crippen LogP contribution in [-0.2, 0) is 4.79 Å². The Kier molecular flexibility index (Phi) is 6.18. The molecule has 0 aromatic heterocycles. The van der Waals surface area contributed by atoms with Crippen molar-refractivity contribution >= 4 is 23.8 Å². The van der Waals surface area contributed by atoms with E-state index in [1.54, 1.807) is 4.90 Å². The second kappa shape index (κ2) is 7.42. The fourth-order valence-corrected chi connectivity index (χ4v) is 2.62. The third-order valence-corrected chi connectivity index (χ3v) is 3.73. The fourth-order valence-electron chi connectivity index (χ4n) is 1.74. The average Bonchev–Trinajstić information content (AvgIpc) is 2.56. The Morgan fingerprint density at radius 3 is 2.82 bits per heavy atom. The summed E-state index contributed by atoms with van der Waals surface area (Å²) in [6.45, 7) is 3.33. The van der Waals surface area contributed by atoms with Gasteiger partial charge in [-0.1, -0.05) is 13.3 Å². The smallest absolute Gasteiger partial charge is 0.326 e. The quantitative estimate of drug-likeness (QED) is 0.801. The second-order valence-corrected chi connectivity index (χ2v) is 5.31. The molecule has 0 saturated carbocycles. The Morgan fingerprint density at radius 2 is 2.18 bits per heavy atom. The summed E-state index contributed by atoms with van der Waals surface area (Å²) < 4.78 is 0. The standard InChI is InChI=1S/C11H20N2O3S/c1-2-4-9(10(14)15)12-11(16)13-5-3-7-17-8-6-13/h9H,2-8H2,1H3,(H,12,16)(H,14,15). The van der Waals surface area contributed by atoms with E-state index in [9.17, 15) is 9.59 Å². The maximum Gasteiger partial charge on any atom is 0.326 e. The third-order valence-electron chi connectivity index (χ3n) is 2.68. The number of urea groups is 1. The number of thioether (sulfide) groups is 1. The average molecular weight is 260 g/mol. The monoisotopic (exact) mass is 260 g/mol. The van der Waals surface area contributed by atoms with Gasteiger partial charge in [-0.2, -0.15) is 11.8 Å². The first-order chi connectivity index (χ1) is 8.15. The molecule has 1 saturated heterocycles. The van der Waals surface area contributed by atoms with Gasteiger partial charge >= 0.3 is 12.0 Å². The molecule has 0 radical (unpaired) electrons. The first kappa shape index (κ1) is 14.2. The number of hydrogen-bond acceptors (Lipinski definition) is 3. The number of carbonyl (C=O) groups excluding carboxylic acids is 1. The van der Waals surface area contributed by atoms with Gasteiger partial charge in [-0.05, 0) is 18.6 Å². The summed E-state index contributed by atoms with van der Waals surface area (Å²) in [4.78, 5) is 24.5. The molecule has 1 aliphatic rings. The van der Waals surface area contributed by atoms with Crippen molar-refractivity contribution in [2.75, 3.05) is 24.6 Å². The molecule has 0 aliphatic carbocycles. The molecule has 1 unspecified atom stereocenters. The first-order valence-electron chi connectivity index (χ1n) is 6.01. The molecular formula is C11H20N2O3S. The summed E-state index contributed by atoms with van der Waals surface area (Å²) >= 11 is 1.83. The first-order valence-corrected chi connectivity index (χ1v) is 7.16. The molecule has 0 spiro atoms. The Morgan fingerprint density at radius 1 is 1.41 bits per heavy atom. The molecule has 1 heterocycles. The number of carbonyl (C=O) groups is 2. The molecule has 2 amide bonds. The van der Waals surface area contributed by atoms with Gasteiger partial charge in [0.1, 0.15) is 6.04 Å². The highest BCUT2D eigenvalue weighted by Gasteiger charge is 2.22. The summed E-state index contributed by atoms with van der Waals surface area (Å²) in [7, 11) is 0. The second-order valence-electron chi connectivity index (χ2n) is 4.08.